The fourth-order valence-electron chi connectivity index (χ4n) is 1.62. The zero-order valence-corrected chi connectivity index (χ0v) is 9.87. The van der Waals surface area contributed by atoms with E-state index in [2.05, 4.69) is 10.5 Å². The van der Waals surface area contributed by atoms with Crippen molar-refractivity contribution in [3.05, 3.63) is 36.0 Å². The Morgan fingerprint density at radius 2 is 2.11 bits per heavy atom. The first-order valence-electron chi connectivity index (χ1n) is 5.58. The smallest absolute Gasteiger partial charge is 0.379 e. The number of alkyl halides is 3. The molecule has 3 N–H and O–H groups in total. The molecule has 0 fully saturated rings. The molecule has 0 radical (unpaired) electrons. The van der Waals surface area contributed by atoms with Crippen molar-refractivity contribution in [1.82, 2.24) is 5.16 Å². The third-order valence-electron chi connectivity index (χ3n) is 2.48. The van der Waals surface area contributed by atoms with Gasteiger partial charge in [-0.3, -0.25) is 0 Å². The third kappa shape index (κ3) is 3.05. The minimum Gasteiger partial charge on any atom is -0.379 e. The van der Waals surface area contributed by atoms with E-state index in [1.807, 2.05) is 0 Å². The van der Waals surface area contributed by atoms with Crippen molar-refractivity contribution >= 4 is 5.69 Å². The van der Waals surface area contributed by atoms with Crippen molar-refractivity contribution in [1.29, 1.82) is 0 Å². The monoisotopic (exact) mass is 271 g/mol. The van der Waals surface area contributed by atoms with E-state index in [0.717, 1.165) is 12.1 Å². The predicted molar refractivity (Wildman–Crippen MR) is 64.5 cm³/mol. The Hall–Kier alpha value is -2.02. The van der Waals surface area contributed by atoms with Gasteiger partial charge in [0.2, 0.25) is 0 Å². The summed E-state index contributed by atoms with van der Waals surface area (Å²) in [6, 6.07) is 4.89. The van der Waals surface area contributed by atoms with Crippen LogP contribution >= 0.6 is 0 Å². The Labute approximate surface area is 107 Å². The van der Waals surface area contributed by atoms with Gasteiger partial charge in [0.15, 0.2) is 5.76 Å². The molecule has 2 rings (SSSR count). The first-order chi connectivity index (χ1) is 9.02. The zero-order valence-electron chi connectivity index (χ0n) is 9.87. The number of nitrogens with zero attached hydrogens (tertiary/aromatic N) is 1. The fourth-order valence-corrected chi connectivity index (χ4v) is 1.62. The summed E-state index contributed by atoms with van der Waals surface area (Å²) >= 11 is 0. The standard InChI is InChI=1S/C12H12F3N3O/c13-12(14,15)9-3-1-2-8(6-9)11-10(7-18-19-11)17-5-4-16/h1-3,6-7,17H,4-5,16H2. The SMILES string of the molecule is NCCNc1cnoc1-c1cccc(C(F)(F)F)c1. The average Bonchev–Trinajstić information content (AvgIpc) is 2.83. The highest BCUT2D eigenvalue weighted by atomic mass is 19.4. The lowest BCUT2D eigenvalue weighted by Gasteiger charge is -2.08. The van der Waals surface area contributed by atoms with Crippen molar-refractivity contribution in [2.75, 3.05) is 18.4 Å². The Morgan fingerprint density at radius 1 is 1.32 bits per heavy atom. The van der Waals surface area contributed by atoms with Crippen LogP contribution in [0, 0.1) is 0 Å². The van der Waals surface area contributed by atoms with Gasteiger partial charge in [0.25, 0.3) is 0 Å². The highest BCUT2D eigenvalue weighted by Gasteiger charge is 2.30. The topological polar surface area (TPSA) is 64.1 Å². The minimum atomic E-state index is -4.39. The van der Waals surface area contributed by atoms with Gasteiger partial charge >= 0.3 is 6.18 Å². The summed E-state index contributed by atoms with van der Waals surface area (Å²) in [6.45, 7) is 0.875. The van der Waals surface area contributed by atoms with Gasteiger partial charge in [0.1, 0.15) is 5.69 Å². The van der Waals surface area contributed by atoms with Crippen LogP contribution in [-0.2, 0) is 6.18 Å². The molecule has 0 aliphatic carbocycles. The largest absolute Gasteiger partial charge is 0.416 e. The quantitative estimate of drug-likeness (QED) is 0.897. The minimum absolute atomic E-state index is 0.263. The van der Waals surface area contributed by atoms with Crippen molar-refractivity contribution in [2.45, 2.75) is 6.18 Å². The van der Waals surface area contributed by atoms with Gasteiger partial charge in [-0.1, -0.05) is 17.3 Å². The molecule has 1 aromatic heterocycles. The molecule has 7 heteroatoms. The molecule has 0 saturated carbocycles. The molecule has 4 nitrogen and oxygen atoms in total. The summed E-state index contributed by atoms with van der Waals surface area (Å²) in [5, 5.41) is 6.52. The number of benzene rings is 1. The van der Waals surface area contributed by atoms with Crippen LogP contribution < -0.4 is 11.1 Å². The first kappa shape index (κ1) is 13.4. The molecule has 102 valence electrons. The highest BCUT2D eigenvalue weighted by Crippen LogP contribution is 2.34. The molecule has 2 aromatic rings. The molecular formula is C12H12F3N3O. The van der Waals surface area contributed by atoms with E-state index in [1.165, 1.54) is 18.3 Å². The van der Waals surface area contributed by atoms with E-state index in [-0.39, 0.29) is 5.76 Å². The van der Waals surface area contributed by atoms with E-state index in [0.29, 0.717) is 24.3 Å². The number of nitrogens with two attached hydrogens (primary N) is 1. The number of aromatic nitrogens is 1. The predicted octanol–water partition coefficient (Wildman–Crippen LogP) is 2.73. The maximum Gasteiger partial charge on any atom is 0.416 e. The molecule has 0 amide bonds. The van der Waals surface area contributed by atoms with Gasteiger partial charge in [-0.05, 0) is 12.1 Å². The molecule has 0 aliphatic heterocycles. The maximum absolute atomic E-state index is 12.6. The van der Waals surface area contributed by atoms with E-state index in [4.69, 9.17) is 10.3 Å². The Balaban J connectivity index is 2.34. The summed E-state index contributed by atoms with van der Waals surface area (Å²) in [5.41, 5.74) is 5.45. The van der Waals surface area contributed by atoms with Crippen LogP contribution in [0.4, 0.5) is 18.9 Å². The summed E-state index contributed by atoms with van der Waals surface area (Å²) in [7, 11) is 0. The van der Waals surface area contributed by atoms with Crippen LogP contribution in [0.15, 0.2) is 35.0 Å². The average molecular weight is 271 g/mol. The normalized spacial score (nSPS) is 11.6. The molecule has 0 bridgehead atoms. The Kier molecular flexibility index (Phi) is 3.75. The van der Waals surface area contributed by atoms with Crippen molar-refractivity contribution in [3.63, 3.8) is 0 Å². The maximum atomic E-state index is 12.6. The highest BCUT2D eigenvalue weighted by molar-refractivity contribution is 5.72. The molecule has 1 heterocycles. The van der Waals surface area contributed by atoms with Gasteiger partial charge < -0.3 is 15.6 Å². The third-order valence-corrected chi connectivity index (χ3v) is 2.48. The molecule has 0 aliphatic rings. The van der Waals surface area contributed by atoms with E-state index in [1.54, 1.807) is 0 Å². The van der Waals surface area contributed by atoms with Gasteiger partial charge in [0.05, 0.1) is 11.8 Å². The van der Waals surface area contributed by atoms with Gasteiger partial charge in [0, 0.05) is 18.7 Å². The number of anilines is 1. The molecule has 1 aromatic carbocycles. The second kappa shape index (κ2) is 5.31. The van der Waals surface area contributed by atoms with Crippen molar-refractivity contribution in [2.24, 2.45) is 5.73 Å². The molecule has 19 heavy (non-hydrogen) atoms. The molecule has 0 atom stereocenters. The van der Waals surface area contributed by atoms with Crippen LogP contribution in [0.3, 0.4) is 0 Å². The number of hydrogen-bond donors (Lipinski definition) is 2. The lowest BCUT2D eigenvalue weighted by molar-refractivity contribution is -0.137. The molecule has 0 saturated heterocycles. The summed E-state index contributed by atoms with van der Waals surface area (Å²) < 4.78 is 42.9. The second-order valence-electron chi connectivity index (χ2n) is 3.86. The lowest BCUT2D eigenvalue weighted by atomic mass is 10.1. The summed E-state index contributed by atoms with van der Waals surface area (Å²) in [4.78, 5) is 0. The molecular weight excluding hydrogens is 259 g/mol. The number of hydrogen-bond acceptors (Lipinski definition) is 4. The van der Waals surface area contributed by atoms with Crippen LogP contribution in [0.1, 0.15) is 5.56 Å². The van der Waals surface area contributed by atoms with E-state index in [9.17, 15) is 13.2 Å². The van der Waals surface area contributed by atoms with Crippen LogP contribution in [0.2, 0.25) is 0 Å². The lowest BCUT2D eigenvalue weighted by Crippen LogP contribution is -2.13. The van der Waals surface area contributed by atoms with Gasteiger partial charge in [-0.2, -0.15) is 13.2 Å². The van der Waals surface area contributed by atoms with E-state index < -0.39 is 11.7 Å². The van der Waals surface area contributed by atoms with Gasteiger partial charge in [-0.25, -0.2) is 0 Å². The Bertz CT molecular complexity index is 551. The number of rotatable bonds is 4. The van der Waals surface area contributed by atoms with Crippen LogP contribution in [0.5, 0.6) is 0 Å². The van der Waals surface area contributed by atoms with Crippen molar-refractivity contribution in [3.8, 4) is 11.3 Å². The Morgan fingerprint density at radius 3 is 2.79 bits per heavy atom. The molecule has 0 unspecified atom stereocenters. The molecule has 0 spiro atoms. The summed E-state index contributed by atoms with van der Waals surface area (Å²) in [6.07, 6.45) is -2.98. The zero-order chi connectivity index (χ0) is 13.9. The first-order valence-corrected chi connectivity index (χ1v) is 5.58. The van der Waals surface area contributed by atoms with Crippen LogP contribution in [0.25, 0.3) is 11.3 Å². The summed E-state index contributed by atoms with van der Waals surface area (Å²) in [5.74, 6) is 0.263. The van der Waals surface area contributed by atoms with Gasteiger partial charge in [-0.15, -0.1) is 0 Å². The fraction of sp³-hybridized carbons (Fsp3) is 0.250. The second-order valence-corrected chi connectivity index (χ2v) is 3.86. The van der Waals surface area contributed by atoms with Crippen LogP contribution in [-0.4, -0.2) is 18.2 Å². The number of nitrogens with one attached hydrogen (secondary N) is 1. The number of halogens is 3. The van der Waals surface area contributed by atoms with E-state index >= 15 is 0 Å². The van der Waals surface area contributed by atoms with Crippen molar-refractivity contribution < 1.29 is 17.7 Å².